The summed E-state index contributed by atoms with van der Waals surface area (Å²) >= 11 is 0. The molecule has 11 nitrogen and oxygen atoms in total. The Hall–Kier alpha value is -3.33. The third-order valence-electron chi connectivity index (χ3n) is 7.78. The summed E-state index contributed by atoms with van der Waals surface area (Å²) in [7, 11) is -9.27. The zero-order valence-electron chi connectivity index (χ0n) is 25.4. The summed E-state index contributed by atoms with van der Waals surface area (Å²) in [5.41, 5.74) is 2.54. The van der Waals surface area contributed by atoms with Crippen LogP contribution in [0.1, 0.15) is 27.7 Å². The third kappa shape index (κ3) is 6.53. The molecule has 44 heavy (non-hydrogen) atoms. The minimum absolute atomic E-state index is 0.0966. The smallest absolute Gasteiger partial charge is 0.295 e. The van der Waals surface area contributed by atoms with Crippen molar-refractivity contribution < 1.29 is 36.0 Å². The van der Waals surface area contributed by atoms with E-state index >= 15 is 0 Å². The number of sulfonamides is 1. The van der Waals surface area contributed by atoms with Crippen LogP contribution in [0.15, 0.2) is 68.8 Å². The van der Waals surface area contributed by atoms with E-state index in [0.29, 0.717) is 27.9 Å². The molecule has 3 N–H and O–H groups in total. The van der Waals surface area contributed by atoms with E-state index in [1.807, 2.05) is 64.1 Å². The van der Waals surface area contributed by atoms with Crippen molar-refractivity contribution in [3.63, 3.8) is 0 Å². The second kappa shape index (κ2) is 13.8. The van der Waals surface area contributed by atoms with Crippen molar-refractivity contribution in [1.82, 2.24) is 8.88 Å². The Kier molecular flexibility index (Phi) is 10.5. The van der Waals surface area contributed by atoms with Crippen LogP contribution in [0.2, 0.25) is 0 Å². The Labute approximate surface area is 258 Å². The fourth-order valence-electron chi connectivity index (χ4n) is 5.54. The molecule has 0 saturated carbocycles. The molecule has 0 atom stereocenters. The zero-order chi connectivity index (χ0) is 32.2. The van der Waals surface area contributed by atoms with Crippen LogP contribution in [0.3, 0.4) is 0 Å². The predicted molar refractivity (Wildman–Crippen MR) is 171 cm³/mol. The van der Waals surface area contributed by atoms with Gasteiger partial charge in [0, 0.05) is 66.1 Å². The molecule has 0 radical (unpaired) electrons. The number of aliphatic hydroxyl groups is 2. The molecule has 1 heterocycles. The Morgan fingerprint density at radius 1 is 0.795 bits per heavy atom. The molecule has 0 spiro atoms. The fraction of sp³-hybridized carbons (Fsp3) is 0.387. The van der Waals surface area contributed by atoms with E-state index in [2.05, 4.69) is 9.48 Å². The number of benzene rings is 3. The van der Waals surface area contributed by atoms with Crippen molar-refractivity contribution >= 4 is 36.8 Å². The number of anilines is 1. The molecule has 1 aliphatic heterocycles. The summed E-state index contributed by atoms with van der Waals surface area (Å²) in [5, 5.41) is 20.3. The van der Waals surface area contributed by atoms with Gasteiger partial charge in [-0.1, -0.05) is 6.07 Å². The molecule has 2 aliphatic rings. The lowest BCUT2D eigenvalue weighted by Gasteiger charge is -2.23. The van der Waals surface area contributed by atoms with E-state index in [1.54, 1.807) is 0 Å². The van der Waals surface area contributed by atoms with Gasteiger partial charge in [-0.05, 0) is 58.0 Å². The van der Waals surface area contributed by atoms with Gasteiger partial charge in [0.25, 0.3) is 10.1 Å². The molecule has 0 aromatic heterocycles. The monoisotopic (exact) mass is 646 g/mol. The number of hydrogen-bond donors (Lipinski definition) is 3. The summed E-state index contributed by atoms with van der Waals surface area (Å²) < 4.78 is 72.4. The summed E-state index contributed by atoms with van der Waals surface area (Å²) in [6, 6.07) is 14.8. The standard InChI is InChI=1S/C31H39N3O8S2/c1-5-32(6-2)22-9-12-25-28(19-22)42-29-20-23(33(7-3)8-4)10-13-26(29)31(25)27-14-11-24(21-30(27)44(39,40)41)43(37,38)34(15-17-35)16-18-36/h9-14,19-21,35-36H,5-8,15-18H2,1-4H3/p+1. The number of nitrogens with zero attached hydrogens (tertiary/aromatic N) is 3. The number of rotatable bonds is 13. The van der Waals surface area contributed by atoms with E-state index in [9.17, 15) is 31.6 Å². The minimum Gasteiger partial charge on any atom is -0.456 e. The number of hydrogen-bond acceptors (Lipinski definition) is 8. The average molecular weight is 647 g/mol. The van der Waals surface area contributed by atoms with Crippen molar-refractivity contribution in [1.29, 1.82) is 0 Å². The zero-order valence-corrected chi connectivity index (χ0v) is 27.0. The van der Waals surface area contributed by atoms with Crippen molar-refractivity contribution in [2.45, 2.75) is 37.5 Å². The molecule has 0 unspecified atom stereocenters. The van der Waals surface area contributed by atoms with Crippen molar-refractivity contribution in [3.05, 3.63) is 60.0 Å². The molecule has 0 fully saturated rings. The van der Waals surface area contributed by atoms with E-state index in [4.69, 9.17) is 4.42 Å². The summed E-state index contributed by atoms with van der Waals surface area (Å²) in [5.74, 6) is 0.489. The SMILES string of the molecule is CCN(CC)c1ccc2c(-c3ccc(S(=O)(=O)N(CCO)CCO)cc3S(=O)(=O)O)c3ccc(=[N+](CC)CC)cc-3oc2c1. The normalized spacial score (nSPS) is 12.4. The largest absolute Gasteiger partial charge is 0.456 e. The molecule has 4 rings (SSSR count). The van der Waals surface area contributed by atoms with Gasteiger partial charge in [-0.2, -0.15) is 12.7 Å². The summed E-state index contributed by atoms with van der Waals surface area (Å²) in [4.78, 5) is 1.15. The van der Waals surface area contributed by atoms with E-state index < -0.39 is 43.1 Å². The topological polar surface area (TPSA) is 152 Å². The second-order valence-electron chi connectivity index (χ2n) is 10.2. The van der Waals surface area contributed by atoms with Gasteiger partial charge in [-0.3, -0.25) is 4.55 Å². The Morgan fingerprint density at radius 2 is 1.43 bits per heavy atom. The fourth-order valence-corrected chi connectivity index (χ4v) is 7.78. The highest BCUT2D eigenvalue weighted by atomic mass is 32.2. The first-order chi connectivity index (χ1) is 20.9. The first kappa shape index (κ1) is 33.6. The Morgan fingerprint density at radius 3 is 2.00 bits per heavy atom. The maximum atomic E-state index is 13.4. The maximum Gasteiger partial charge on any atom is 0.295 e. The average Bonchev–Trinajstić information content (AvgIpc) is 3.00. The molecule has 2 aromatic carbocycles. The van der Waals surface area contributed by atoms with Gasteiger partial charge in [0.15, 0.2) is 0 Å². The summed E-state index contributed by atoms with van der Waals surface area (Å²) in [6.45, 7) is 9.64. The van der Waals surface area contributed by atoms with Crippen molar-refractivity contribution in [2.75, 3.05) is 57.4 Å². The van der Waals surface area contributed by atoms with Crippen LogP contribution < -0.4 is 14.8 Å². The van der Waals surface area contributed by atoms with Gasteiger partial charge >= 0.3 is 0 Å². The van der Waals surface area contributed by atoms with Gasteiger partial charge in [0.05, 0.1) is 24.2 Å². The maximum absolute atomic E-state index is 13.4. The molecular weight excluding hydrogens is 606 g/mol. The Balaban J connectivity index is 2.11. The highest BCUT2D eigenvalue weighted by Gasteiger charge is 2.29. The number of aliphatic hydroxyl groups excluding tert-OH is 2. The predicted octanol–water partition coefficient (Wildman–Crippen LogP) is 3.08. The van der Waals surface area contributed by atoms with Gasteiger partial charge < -0.3 is 19.5 Å². The molecular formula is C31H40N3O8S2+. The molecule has 1 aliphatic carbocycles. The van der Waals surface area contributed by atoms with Crippen LogP contribution >= 0.6 is 0 Å². The lowest BCUT2D eigenvalue weighted by Crippen LogP contribution is -2.36. The molecule has 0 bridgehead atoms. The number of fused-ring (bicyclic) bond motifs is 2. The quantitative estimate of drug-likeness (QED) is 0.113. The lowest BCUT2D eigenvalue weighted by atomic mass is 9.93. The second-order valence-corrected chi connectivity index (χ2v) is 13.5. The van der Waals surface area contributed by atoms with Gasteiger partial charge in [-0.15, -0.1) is 0 Å². The molecule has 238 valence electrons. The first-order valence-electron chi connectivity index (χ1n) is 14.6. The van der Waals surface area contributed by atoms with Crippen LogP contribution in [0.5, 0.6) is 0 Å². The highest BCUT2D eigenvalue weighted by Crippen LogP contribution is 2.43. The van der Waals surface area contributed by atoms with Gasteiger partial charge in [-0.25, -0.2) is 13.0 Å². The van der Waals surface area contributed by atoms with Crippen LogP contribution in [-0.4, -0.2) is 88.4 Å². The highest BCUT2D eigenvalue weighted by molar-refractivity contribution is 7.89. The first-order valence-corrected chi connectivity index (χ1v) is 17.5. The van der Waals surface area contributed by atoms with E-state index in [0.717, 1.165) is 47.6 Å². The van der Waals surface area contributed by atoms with Crippen LogP contribution in [0, 0.1) is 0 Å². The van der Waals surface area contributed by atoms with E-state index in [1.165, 1.54) is 12.1 Å². The molecule has 13 heteroatoms. The van der Waals surface area contributed by atoms with Crippen LogP contribution in [-0.2, 0) is 20.1 Å². The van der Waals surface area contributed by atoms with Crippen LogP contribution in [0.4, 0.5) is 5.69 Å². The van der Waals surface area contributed by atoms with Gasteiger partial charge in [0.2, 0.25) is 15.4 Å². The van der Waals surface area contributed by atoms with Gasteiger partial charge in [0.1, 0.15) is 29.3 Å². The van der Waals surface area contributed by atoms with E-state index in [-0.39, 0.29) is 18.7 Å². The molecule has 0 saturated heterocycles. The molecule has 2 aromatic rings. The van der Waals surface area contributed by atoms with Crippen LogP contribution in [0.25, 0.3) is 33.4 Å². The molecule has 0 amide bonds. The third-order valence-corrected chi connectivity index (χ3v) is 10.6. The van der Waals surface area contributed by atoms with Crippen molar-refractivity contribution in [3.8, 4) is 22.5 Å². The minimum atomic E-state index is -4.94. The van der Waals surface area contributed by atoms with Crippen molar-refractivity contribution in [2.24, 2.45) is 0 Å². The summed E-state index contributed by atoms with van der Waals surface area (Å²) in [6.07, 6.45) is 0. The lowest BCUT2D eigenvalue weighted by molar-refractivity contribution is 0.217. The Bertz CT molecular complexity index is 1890.